The van der Waals surface area contributed by atoms with Gasteiger partial charge in [0.05, 0.1) is 25.0 Å². The van der Waals surface area contributed by atoms with Gasteiger partial charge in [0.25, 0.3) is 0 Å². The molecular formula is C15H18BrNO4. The van der Waals surface area contributed by atoms with Crippen molar-refractivity contribution >= 4 is 33.6 Å². The summed E-state index contributed by atoms with van der Waals surface area (Å²) >= 11 is 3.39. The van der Waals surface area contributed by atoms with Crippen LogP contribution >= 0.6 is 15.9 Å². The van der Waals surface area contributed by atoms with Gasteiger partial charge in [0.2, 0.25) is 0 Å². The number of benzene rings is 1. The quantitative estimate of drug-likeness (QED) is 0.627. The minimum Gasteiger partial charge on any atom is -0.463 e. The zero-order valence-corrected chi connectivity index (χ0v) is 13.8. The molecule has 114 valence electrons. The van der Waals surface area contributed by atoms with Crippen LogP contribution in [0.1, 0.15) is 19.4 Å². The van der Waals surface area contributed by atoms with Gasteiger partial charge in [-0.25, -0.2) is 9.59 Å². The Morgan fingerprint density at radius 1 is 1.24 bits per heavy atom. The highest BCUT2D eigenvalue weighted by Crippen LogP contribution is 2.25. The molecular weight excluding hydrogens is 338 g/mol. The third-order valence-corrected chi connectivity index (χ3v) is 3.13. The molecule has 6 heteroatoms. The molecule has 1 rings (SSSR count). The van der Waals surface area contributed by atoms with Gasteiger partial charge in [-0.1, -0.05) is 6.07 Å². The lowest BCUT2D eigenvalue weighted by Crippen LogP contribution is -2.17. The zero-order chi connectivity index (χ0) is 15.8. The Labute approximate surface area is 132 Å². The maximum Gasteiger partial charge on any atom is 0.355 e. The fourth-order valence-corrected chi connectivity index (χ4v) is 1.88. The highest BCUT2D eigenvalue weighted by molar-refractivity contribution is 9.10. The SMILES string of the molecule is CCOC(=O)/C=C(/Nc1cc(C)ccc1Br)C(=O)OCC. The molecule has 0 heterocycles. The van der Waals surface area contributed by atoms with E-state index in [1.165, 1.54) is 0 Å². The van der Waals surface area contributed by atoms with E-state index in [1.807, 2.05) is 25.1 Å². The topological polar surface area (TPSA) is 64.6 Å². The Hall–Kier alpha value is -1.82. The maximum absolute atomic E-state index is 11.9. The van der Waals surface area contributed by atoms with Crippen molar-refractivity contribution in [3.63, 3.8) is 0 Å². The first-order valence-corrected chi connectivity index (χ1v) is 7.36. The minimum atomic E-state index is -0.612. The molecule has 0 amide bonds. The lowest BCUT2D eigenvalue weighted by atomic mass is 10.2. The Morgan fingerprint density at radius 3 is 2.52 bits per heavy atom. The summed E-state index contributed by atoms with van der Waals surface area (Å²) in [6.45, 7) is 5.77. The Kier molecular flexibility index (Phi) is 6.94. The molecule has 0 bridgehead atoms. The van der Waals surface area contributed by atoms with Crippen molar-refractivity contribution in [1.29, 1.82) is 0 Å². The van der Waals surface area contributed by atoms with Gasteiger partial charge < -0.3 is 14.8 Å². The van der Waals surface area contributed by atoms with E-state index in [9.17, 15) is 9.59 Å². The molecule has 0 aliphatic carbocycles. The number of ether oxygens (including phenoxy) is 2. The molecule has 1 aromatic rings. The first-order valence-electron chi connectivity index (χ1n) is 6.56. The summed E-state index contributed by atoms with van der Waals surface area (Å²) in [6.07, 6.45) is 1.09. The average Bonchev–Trinajstić information content (AvgIpc) is 2.42. The number of hydrogen-bond donors (Lipinski definition) is 1. The molecule has 0 saturated carbocycles. The molecule has 1 aromatic carbocycles. The van der Waals surface area contributed by atoms with Crippen LogP contribution in [0.5, 0.6) is 0 Å². The van der Waals surface area contributed by atoms with Crippen LogP contribution in [-0.2, 0) is 19.1 Å². The van der Waals surface area contributed by atoms with E-state index in [4.69, 9.17) is 9.47 Å². The van der Waals surface area contributed by atoms with Crippen LogP contribution in [0, 0.1) is 6.92 Å². The number of carbonyl (C=O) groups is 2. The number of esters is 2. The predicted octanol–water partition coefficient (Wildman–Crippen LogP) is 3.18. The summed E-state index contributed by atoms with van der Waals surface area (Å²) in [5.41, 5.74) is 1.71. The van der Waals surface area contributed by atoms with E-state index in [2.05, 4.69) is 21.2 Å². The van der Waals surface area contributed by atoms with Crippen LogP contribution in [0.2, 0.25) is 0 Å². The molecule has 0 atom stereocenters. The van der Waals surface area contributed by atoms with Gasteiger partial charge in [-0.2, -0.15) is 0 Å². The number of carbonyl (C=O) groups excluding carboxylic acids is 2. The van der Waals surface area contributed by atoms with Crippen molar-refractivity contribution in [2.75, 3.05) is 18.5 Å². The van der Waals surface area contributed by atoms with Crippen LogP contribution in [0.15, 0.2) is 34.4 Å². The lowest BCUT2D eigenvalue weighted by molar-refractivity contribution is -0.140. The van der Waals surface area contributed by atoms with Gasteiger partial charge in [-0.15, -0.1) is 0 Å². The van der Waals surface area contributed by atoms with Crippen LogP contribution < -0.4 is 5.32 Å². The molecule has 5 nitrogen and oxygen atoms in total. The molecule has 0 saturated heterocycles. The molecule has 0 radical (unpaired) electrons. The van der Waals surface area contributed by atoms with E-state index in [0.717, 1.165) is 16.1 Å². The van der Waals surface area contributed by atoms with Gasteiger partial charge in [0.15, 0.2) is 0 Å². The molecule has 1 N–H and O–H groups in total. The highest BCUT2D eigenvalue weighted by Gasteiger charge is 2.15. The van der Waals surface area contributed by atoms with Crippen molar-refractivity contribution in [2.45, 2.75) is 20.8 Å². The predicted molar refractivity (Wildman–Crippen MR) is 83.9 cm³/mol. The van der Waals surface area contributed by atoms with Crippen molar-refractivity contribution in [2.24, 2.45) is 0 Å². The van der Waals surface area contributed by atoms with Crippen LogP contribution in [0.25, 0.3) is 0 Å². The summed E-state index contributed by atoms with van der Waals surface area (Å²) in [6, 6.07) is 5.63. The van der Waals surface area contributed by atoms with E-state index >= 15 is 0 Å². The summed E-state index contributed by atoms with van der Waals surface area (Å²) in [7, 11) is 0. The highest BCUT2D eigenvalue weighted by atomic mass is 79.9. The first kappa shape index (κ1) is 17.2. The number of hydrogen-bond acceptors (Lipinski definition) is 5. The Morgan fingerprint density at radius 2 is 1.90 bits per heavy atom. The summed E-state index contributed by atoms with van der Waals surface area (Å²) in [5, 5.41) is 2.90. The monoisotopic (exact) mass is 355 g/mol. The third kappa shape index (κ3) is 5.59. The number of halogens is 1. The van der Waals surface area contributed by atoms with E-state index in [1.54, 1.807) is 13.8 Å². The van der Waals surface area contributed by atoms with Crippen molar-refractivity contribution in [1.82, 2.24) is 0 Å². The van der Waals surface area contributed by atoms with Crippen LogP contribution in [0.4, 0.5) is 5.69 Å². The second kappa shape index (κ2) is 8.46. The van der Waals surface area contributed by atoms with Gasteiger partial charge in [0.1, 0.15) is 5.70 Å². The van der Waals surface area contributed by atoms with Gasteiger partial charge >= 0.3 is 11.9 Å². The third-order valence-electron chi connectivity index (χ3n) is 2.44. The number of nitrogens with one attached hydrogen (secondary N) is 1. The van der Waals surface area contributed by atoms with Gasteiger partial charge in [-0.05, 0) is 54.4 Å². The average molecular weight is 356 g/mol. The molecule has 0 aliphatic rings. The van der Waals surface area contributed by atoms with Crippen LogP contribution in [0.3, 0.4) is 0 Å². The summed E-state index contributed by atoms with van der Waals surface area (Å²) in [5.74, 6) is -1.21. The number of rotatable bonds is 6. The second-order valence-corrected chi connectivity index (χ2v) is 4.99. The normalized spacial score (nSPS) is 11.0. The fraction of sp³-hybridized carbons (Fsp3) is 0.333. The van der Waals surface area contributed by atoms with E-state index in [-0.39, 0.29) is 18.9 Å². The van der Waals surface area contributed by atoms with Gasteiger partial charge in [-0.3, -0.25) is 0 Å². The second-order valence-electron chi connectivity index (χ2n) is 4.14. The Bertz CT molecular complexity index is 555. The molecule has 21 heavy (non-hydrogen) atoms. The summed E-state index contributed by atoms with van der Waals surface area (Å²) in [4.78, 5) is 23.5. The molecule has 0 unspecified atom stereocenters. The fourth-order valence-electron chi connectivity index (χ4n) is 1.54. The van der Waals surface area contributed by atoms with Gasteiger partial charge in [0, 0.05) is 4.47 Å². The summed E-state index contributed by atoms with van der Waals surface area (Å²) < 4.78 is 10.5. The standard InChI is InChI=1S/C15H18BrNO4/c1-4-20-14(18)9-13(15(19)21-5-2)17-12-8-10(3)6-7-11(12)16/h6-9,17H,4-5H2,1-3H3/b13-9+. The maximum atomic E-state index is 11.9. The van der Waals surface area contributed by atoms with E-state index < -0.39 is 11.9 Å². The molecule has 0 spiro atoms. The van der Waals surface area contributed by atoms with E-state index in [0.29, 0.717) is 5.69 Å². The lowest BCUT2D eigenvalue weighted by Gasteiger charge is -2.12. The van der Waals surface area contributed by atoms with Crippen molar-refractivity contribution < 1.29 is 19.1 Å². The largest absolute Gasteiger partial charge is 0.463 e. The zero-order valence-electron chi connectivity index (χ0n) is 12.2. The van der Waals surface area contributed by atoms with Crippen molar-refractivity contribution in [3.05, 3.63) is 40.0 Å². The first-order chi connectivity index (χ1) is 9.97. The smallest absolute Gasteiger partial charge is 0.355 e. The molecule has 0 aliphatic heterocycles. The molecule has 0 fully saturated rings. The van der Waals surface area contributed by atoms with Crippen LogP contribution in [-0.4, -0.2) is 25.2 Å². The minimum absolute atomic E-state index is 0.0293. The number of aryl methyl sites for hydroxylation is 1. The molecule has 0 aromatic heterocycles. The van der Waals surface area contributed by atoms with Crippen molar-refractivity contribution in [3.8, 4) is 0 Å². The number of anilines is 1. The Balaban J connectivity index is 3.04.